The van der Waals surface area contributed by atoms with Gasteiger partial charge in [0.05, 0.1) is 0 Å². The van der Waals surface area contributed by atoms with E-state index in [-0.39, 0.29) is 17.7 Å². The van der Waals surface area contributed by atoms with Crippen LogP contribution in [0.1, 0.15) is 39.9 Å². The van der Waals surface area contributed by atoms with Crippen LogP contribution in [0.2, 0.25) is 0 Å². The SMILES string of the molecule is Cc1ccc(C(=O)NCc2cccc(NC(=O)C3CC3)c2)c(C)c1. The van der Waals surface area contributed by atoms with Crippen molar-refractivity contribution < 1.29 is 9.59 Å². The summed E-state index contributed by atoms with van der Waals surface area (Å²) in [6.07, 6.45) is 1.97. The fraction of sp³-hybridized carbons (Fsp3) is 0.300. The van der Waals surface area contributed by atoms with Crippen molar-refractivity contribution in [1.29, 1.82) is 0 Å². The van der Waals surface area contributed by atoms with Gasteiger partial charge in [0.15, 0.2) is 0 Å². The second kappa shape index (κ2) is 6.87. The van der Waals surface area contributed by atoms with Crippen molar-refractivity contribution in [2.24, 2.45) is 5.92 Å². The largest absolute Gasteiger partial charge is 0.348 e. The Morgan fingerprint density at radius 2 is 1.88 bits per heavy atom. The van der Waals surface area contributed by atoms with E-state index in [4.69, 9.17) is 0 Å². The summed E-state index contributed by atoms with van der Waals surface area (Å²) in [5.41, 5.74) is 4.55. The molecule has 0 saturated heterocycles. The van der Waals surface area contributed by atoms with Crippen molar-refractivity contribution in [3.05, 3.63) is 64.7 Å². The molecule has 0 radical (unpaired) electrons. The molecule has 1 fully saturated rings. The van der Waals surface area contributed by atoms with Gasteiger partial charge >= 0.3 is 0 Å². The van der Waals surface area contributed by atoms with Crippen LogP contribution in [-0.4, -0.2) is 11.8 Å². The molecule has 0 bridgehead atoms. The monoisotopic (exact) mass is 322 g/mol. The van der Waals surface area contributed by atoms with Crippen LogP contribution in [-0.2, 0) is 11.3 Å². The Morgan fingerprint density at radius 3 is 2.58 bits per heavy atom. The Hall–Kier alpha value is -2.62. The summed E-state index contributed by atoms with van der Waals surface area (Å²) in [4.78, 5) is 24.2. The number of nitrogens with one attached hydrogen (secondary N) is 2. The molecule has 3 rings (SSSR count). The maximum Gasteiger partial charge on any atom is 0.251 e. The fourth-order valence-corrected chi connectivity index (χ4v) is 2.69. The number of hydrogen-bond donors (Lipinski definition) is 2. The zero-order valence-electron chi connectivity index (χ0n) is 14.1. The minimum atomic E-state index is -0.0834. The van der Waals surface area contributed by atoms with Gasteiger partial charge in [-0.3, -0.25) is 9.59 Å². The number of carbonyl (C=O) groups excluding carboxylic acids is 2. The van der Waals surface area contributed by atoms with E-state index in [2.05, 4.69) is 10.6 Å². The molecule has 0 atom stereocenters. The molecule has 4 nitrogen and oxygen atoms in total. The molecule has 0 aromatic heterocycles. The molecule has 0 unspecified atom stereocenters. The first-order valence-corrected chi connectivity index (χ1v) is 8.28. The summed E-state index contributed by atoms with van der Waals surface area (Å²) in [6.45, 7) is 4.38. The highest BCUT2D eigenvalue weighted by molar-refractivity contribution is 5.96. The molecule has 0 spiro atoms. The molecular weight excluding hydrogens is 300 g/mol. The smallest absolute Gasteiger partial charge is 0.251 e. The lowest BCUT2D eigenvalue weighted by atomic mass is 10.1. The van der Waals surface area contributed by atoms with Crippen LogP contribution < -0.4 is 10.6 Å². The van der Waals surface area contributed by atoms with Crippen molar-refractivity contribution in [2.45, 2.75) is 33.2 Å². The van der Waals surface area contributed by atoms with Crippen LogP contribution in [0, 0.1) is 19.8 Å². The van der Waals surface area contributed by atoms with Crippen LogP contribution in [0.3, 0.4) is 0 Å². The zero-order chi connectivity index (χ0) is 17.1. The highest BCUT2D eigenvalue weighted by Gasteiger charge is 2.29. The van der Waals surface area contributed by atoms with E-state index >= 15 is 0 Å². The third-order valence-corrected chi connectivity index (χ3v) is 4.22. The van der Waals surface area contributed by atoms with Crippen LogP contribution in [0.5, 0.6) is 0 Å². The van der Waals surface area contributed by atoms with Gasteiger partial charge in [-0.25, -0.2) is 0 Å². The number of rotatable bonds is 5. The standard InChI is InChI=1S/C20H22N2O2/c1-13-6-9-18(14(2)10-13)20(24)21-12-15-4-3-5-17(11-15)22-19(23)16-7-8-16/h3-6,9-11,16H,7-8,12H2,1-2H3,(H,21,24)(H,22,23). The molecule has 1 aliphatic rings. The molecule has 2 aromatic rings. The molecule has 2 amide bonds. The van der Waals surface area contributed by atoms with Crippen molar-refractivity contribution in [2.75, 3.05) is 5.32 Å². The maximum absolute atomic E-state index is 12.3. The van der Waals surface area contributed by atoms with Crippen molar-refractivity contribution in [1.82, 2.24) is 5.32 Å². The van der Waals surface area contributed by atoms with E-state index in [1.54, 1.807) is 0 Å². The van der Waals surface area contributed by atoms with E-state index < -0.39 is 0 Å². The van der Waals surface area contributed by atoms with E-state index in [1.807, 2.05) is 56.3 Å². The molecule has 0 aliphatic heterocycles. The molecule has 1 saturated carbocycles. The second-order valence-corrected chi connectivity index (χ2v) is 6.46. The number of aryl methyl sites for hydroxylation is 2. The lowest BCUT2D eigenvalue weighted by molar-refractivity contribution is -0.117. The van der Waals surface area contributed by atoms with Crippen LogP contribution in [0.4, 0.5) is 5.69 Å². The number of hydrogen-bond acceptors (Lipinski definition) is 2. The summed E-state index contributed by atoms with van der Waals surface area (Å²) < 4.78 is 0. The third kappa shape index (κ3) is 4.02. The van der Waals surface area contributed by atoms with E-state index in [1.165, 1.54) is 0 Å². The fourth-order valence-electron chi connectivity index (χ4n) is 2.69. The first kappa shape index (κ1) is 16.2. The second-order valence-electron chi connectivity index (χ2n) is 6.46. The van der Waals surface area contributed by atoms with Gasteiger partial charge in [0.1, 0.15) is 0 Å². The molecule has 24 heavy (non-hydrogen) atoms. The van der Waals surface area contributed by atoms with Gasteiger partial charge in [-0.15, -0.1) is 0 Å². The first-order chi connectivity index (χ1) is 11.5. The van der Waals surface area contributed by atoms with Gasteiger partial charge in [-0.2, -0.15) is 0 Å². The Bertz CT molecular complexity index is 779. The number of anilines is 1. The molecular formula is C20H22N2O2. The summed E-state index contributed by atoms with van der Waals surface area (Å²) in [5, 5.41) is 5.87. The van der Waals surface area contributed by atoms with Gasteiger partial charge in [-0.05, 0) is 56.0 Å². The lowest BCUT2D eigenvalue weighted by Gasteiger charge is -2.10. The van der Waals surface area contributed by atoms with Crippen LogP contribution in [0.25, 0.3) is 0 Å². The van der Waals surface area contributed by atoms with Crippen molar-refractivity contribution in [3.8, 4) is 0 Å². The average molecular weight is 322 g/mol. The molecule has 2 aromatic carbocycles. The Labute approximate surface area is 142 Å². The summed E-state index contributed by atoms with van der Waals surface area (Å²) >= 11 is 0. The van der Waals surface area contributed by atoms with Gasteiger partial charge in [0.25, 0.3) is 5.91 Å². The normalized spacial score (nSPS) is 13.4. The zero-order valence-corrected chi connectivity index (χ0v) is 14.1. The highest BCUT2D eigenvalue weighted by atomic mass is 16.2. The highest BCUT2D eigenvalue weighted by Crippen LogP contribution is 2.30. The van der Waals surface area contributed by atoms with Gasteiger partial charge in [-0.1, -0.05) is 29.8 Å². The van der Waals surface area contributed by atoms with Gasteiger partial charge < -0.3 is 10.6 Å². The first-order valence-electron chi connectivity index (χ1n) is 8.28. The molecule has 4 heteroatoms. The lowest BCUT2D eigenvalue weighted by Crippen LogP contribution is -2.23. The van der Waals surface area contributed by atoms with E-state index in [0.717, 1.165) is 35.2 Å². The average Bonchev–Trinajstić information content (AvgIpc) is 3.38. The van der Waals surface area contributed by atoms with Crippen LogP contribution in [0.15, 0.2) is 42.5 Å². The summed E-state index contributed by atoms with van der Waals surface area (Å²) in [6, 6.07) is 13.4. The maximum atomic E-state index is 12.3. The van der Waals surface area contributed by atoms with E-state index in [0.29, 0.717) is 12.1 Å². The molecule has 0 heterocycles. The Kier molecular flexibility index (Phi) is 4.65. The predicted octanol–water partition coefficient (Wildman–Crippen LogP) is 3.58. The molecule has 124 valence electrons. The number of carbonyl (C=O) groups is 2. The predicted molar refractivity (Wildman–Crippen MR) is 94.9 cm³/mol. The molecule has 1 aliphatic carbocycles. The third-order valence-electron chi connectivity index (χ3n) is 4.22. The van der Waals surface area contributed by atoms with Crippen molar-refractivity contribution in [3.63, 3.8) is 0 Å². The minimum Gasteiger partial charge on any atom is -0.348 e. The Balaban J connectivity index is 1.61. The van der Waals surface area contributed by atoms with Crippen LogP contribution >= 0.6 is 0 Å². The number of benzene rings is 2. The quantitative estimate of drug-likeness (QED) is 0.884. The van der Waals surface area contributed by atoms with E-state index in [9.17, 15) is 9.59 Å². The Morgan fingerprint density at radius 1 is 1.08 bits per heavy atom. The topological polar surface area (TPSA) is 58.2 Å². The van der Waals surface area contributed by atoms with Gasteiger partial charge in [0, 0.05) is 23.7 Å². The molecule has 2 N–H and O–H groups in total. The number of amides is 2. The summed E-state index contributed by atoms with van der Waals surface area (Å²) in [5.74, 6) is 0.184. The minimum absolute atomic E-state index is 0.0834. The van der Waals surface area contributed by atoms with Crippen molar-refractivity contribution >= 4 is 17.5 Å². The summed E-state index contributed by atoms with van der Waals surface area (Å²) in [7, 11) is 0. The van der Waals surface area contributed by atoms with Gasteiger partial charge in [0.2, 0.25) is 5.91 Å².